The van der Waals surface area contributed by atoms with Crippen molar-refractivity contribution in [1.82, 2.24) is 25.1 Å². The molecule has 0 unspecified atom stereocenters. The number of amides is 1. The Balaban J connectivity index is 1.69. The lowest BCUT2D eigenvalue weighted by Gasteiger charge is -2.32. The number of hydrogen-bond donors (Lipinski definition) is 1. The van der Waals surface area contributed by atoms with Crippen LogP contribution in [0.2, 0.25) is 0 Å². The third kappa shape index (κ3) is 3.50. The normalized spacial score (nSPS) is 17.4. The van der Waals surface area contributed by atoms with Gasteiger partial charge in [0.1, 0.15) is 11.8 Å². The van der Waals surface area contributed by atoms with Gasteiger partial charge in [-0.15, -0.1) is 0 Å². The first kappa shape index (κ1) is 15.9. The van der Waals surface area contributed by atoms with Gasteiger partial charge in [0.25, 0.3) is 23.2 Å². The Bertz CT molecular complexity index is 758. The number of piperidine rings is 1. The van der Waals surface area contributed by atoms with Gasteiger partial charge in [0.05, 0.1) is 13.7 Å². The van der Waals surface area contributed by atoms with Gasteiger partial charge in [0.15, 0.2) is 0 Å². The highest BCUT2D eigenvalue weighted by Gasteiger charge is 2.27. The molecule has 0 aromatic carbocycles. The third-order valence-corrected chi connectivity index (χ3v) is 3.67. The van der Waals surface area contributed by atoms with E-state index in [4.69, 9.17) is 9.47 Å². The monoisotopic (exact) mass is 331 g/mol. The molecule has 2 aromatic rings. The van der Waals surface area contributed by atoms with E-state index in [2.05, 4.69) is 20.2 Å². The zero-order valence-corrected chi connectivity index (χ0v) is 13.1. The van der Waals surface area contributed by atoms with Crippen molar-refractivity contribution in [3.8, 4) is 11.8 Å². The van der Waals surface area contributed by atoms with E-state index < -0.39 is 0 Å². The van der Waals surface area contributed by atoms with E-state index in [9.17, 15) is 9.59 Å². The SMILES string of the molecule is COc1nccnc1O[C@@H]1CCCN(C(=O)c2ccc(=O)[nH]n2)C1. The summed E-state index contributed by atoms with van der Waals surface area (Å²) in [7, 11) is 1.50. The highest BCUT2D eigenvalue weighted by atomic mass is 16.5. The van der Waals surface area contributed by atoms with E-state index in [0.29, 0.717) is 24.8 Å². The van der Waals surface area contributed by atoms with Crippen molar-refractivity contribution in [3.05, 3.63) is 40.6 Å². The second kappa shape index (κ2) is 7.07. The Hall–Kier alpha value is -2.97. The molecule has 126 valence electrons. The van der Waals surface area contributed by atoms with Crippen molar-refractivity contribution in [3.63, 3.8) is 0 Å². The molecule has 0 saturated carbocycles. The first-order valence-electron chi connectivity index (χ1n) is 7.54. The molecule has 1 saturated heterocycles. The maximum Gasteiger partial charge on any atom is 0.278 e. The molecular formula is C15H17N5O4. The van der Waals surface area contributed by atoms with Crippen molar-refractivity contribution in [2.75, 3.05) is 20.2 Å². The summed E-state index contributed by atoms with van der Waals surface area (Å²) in [4.78, 5) is 33.3. The third-order valence-electron chi connectivity index (χ3n) is 3.67. The number of likely N-dealkylation sites (tertiary alicyclic amines) is 1. The van der Waals surface area contributed by atoms with Crippen LogP contribution in [-0.2, 0) is 0 Å². The number of ether oxygens (including phenoxy) is 2. The van der Waals surface area contributed by atoms with Crippen LogP contribution in [0.15, 0.2) is 29.3 Å². The minimum Gasteiger partial charge on any atom is -0.477 e. The lowest BCUT2D eigenvalue weighted by atomic mass is 10.1. The molecule has 1 N–H and O–H groups in total. The molecule has 0 aliphatic carbocycles. The molecular weight excluding hydrogens is 314 g/mol. The van der Waals surface area contributed by atoms with E-state index in [-0.39, 0.29) is 23.3 Å². The van der Waals surface area contributed by atoms with Gasteiger partial charge >= 0.3 is 0 Å². The predicted molar refractivity (Wildman–Crippen MR) is 83.0 cm³/mol. The topological polar surface area (TPSA) is 110 Å². The number of nitrogens with one attached hydrogen (secondary N) is 1. The van der Waals surface area contributed by atoms with Crippen LogP contribution in [0.5, 0.6) is 11.8 Å². The average molecular weight is 331 g/mol. The maximum atomic E-state index is 12.5. The van der Waals surface area contributed by atoms with Gasteiger partial charge in [-0.1, -0.05) is 0 Å². The van der Waals surface area contributed by atoms with Crippen LogP contribution < -0.4 is 15.0 Å². The summed E-state index contributed by atoms with van der Waals surface area (Å²) in [6.07, 6.45) is 4.42. The molecule has 24 heavy (non-hydrogen) atoms. The van der Waals surface area contributed by atoms with Gasteiger partial charge < -0.3 is 14.4 Å². The highest BCUT2D eigenvalue weighted by molar-refractivity contribution is 5.92. The molecule has 9 heteroatoms. The first-order valence-corrected chi connectivity index (χ1v) is 7.54. The lowest BCUT2D eigenvalue weighted by molar-refractivity contribution is 0.0513. The smallest absolute Gasteiger partial charge is 0.278 e. The van der Waals surface area contributed by atoms with Gasteiger partial charge in [0, 0.05) is 25.0 Å². The number of aromatic nitrogens is 4. The van der Waals surface area contributed by atoms with Gasteiger partial charge in [0.2, 0.25) is 0 Å². The van der Waals surface area contributed by atoms with E-state index >= 15 is 0 Å². The van der Waals surface area contributed by atoms with Crippen LogP contribution >= 0.6 is 0 Å². The fourth-order valence-corrected chi connectivity index (χ4v) is 2.54. The number of carbonyl (C=O) groups excluding carboxylic acids is 1. The van der Waals surface area contributed by atoms with Crippen LogP contribution in [0, 0.1) is 0 Å². The molecule has 1 aliphatic heterocycles. The Morgan fingerprint density at radius 2 is 2.08 bits per heavy atom. The van der Waals surface area contributed by atoms with Crippen LogP contribution in [0.4, 0.5) is 0 Å². The molecule has 0 spiro atoms. The van der Waals surface area contributed by atoms with E-state index in [0.717, 1.165) is 12.8 Å². The van der Waals surface area contributed by atoms with Gasteiger partial charge in [-0.3, -0.25) is 9.59 Å². The van der Waals surface area contributed by atoms with E-state index in [1.165, 1.54) is 31.6 Å². The fraction of sp³-hybridized carbons (Fsp3) is 0.400. The van der Waals surface area contributed by atoms with Crippen LogP contribution in [0.25, 0.3) is 0 Å². The highest BCUT2D eigenvalue weighted by Crippen LogP contribution is 2.24. The maximum absolute atomic E-state index is 12.5. The molecule has 3 rings (SSSR count). The minimum absolute atomic E-state index is 0.201. The number of H-pyrrole nitrogens is 1. The van der Waals surface area contributed by atoms with Gasteiger partial charge in [-0.25, -0.2) is 15.1 Å². The molecule has 1 atom stereocenters. The quantitative estimate of drug-likeness (QED) is 0.855. The molecule has 3 heterocycles. The summed E-state index contributed by atoms with van der Waals surface area (Å²) in [5.41, 5.74) is -0.145. The van der Waals surface area contributed by atoms with Crippen LogP contribution in [0.1, 0.15) is 23.3 Å². The fourth-order valence-electron chi connectivity index (χ4n) is 2.54. The molecule has 1 aliphatic rings. The largest absolute Gasteiger partial charge is 0.477 e. The van der Waals surface area contributed by atoms with Crippen LogP contribution in [-0.4, -0.2) is 57.3 Å². The van der Waals surface area contributed by atoms with Crippen molar-refractivity contribution >= 4 is 5.91 Å². The molecule has 2 aromatic heterocycles. The molecule has 9 nitrogen and oxygen atoms in total. The second-order valence-corrected chi connectivity index (χ2v) is 5.31. The predicted octanol–water partition coefficient (Wildman–Crippen LogP) is 0.252. The van der Waals surface area contributed by atoms with Crippen LogP contribution in [0.3, 0.4) is 0 Å². The van der Waals surface area contributed by atoms with Gasteiger partial charge in [-0.2, -0.15) is 5.10 Å². The summed E-state index contributed by atoms with van der Waals surface area (Å²) in [6.45, 7) is 1.01. The number of methoxy groups -OCH3 is 1. The summed E-state index contributed by atoms with van der Waals surface area (Å²) in [5.74, 6) is 0.371. The molecule has 0 radical (unpaired) electrons. The molecule has 1 fully saturated rings. The van der Waals surface area contributed by atoms with E-state index in [1.54, 1.807) is 4.90 Å². The molecule has 1 amide bonds. The Labute approximate surface area is 137 Å². The number of aromatic amines is 1. The van der Waals surface area contributed by atoms with Crippen molar-refractivity contribution < 1.29 is 14.3 Å². The zero-order chi connectivity index (χ0) is 16.9. The van der Waals surface area contributed by atoms with Crippen molar-refractivity contribution in [2.45, 2.75) is 18.9 Å². The Morgan fingerprint density at radius 3 is 2.79 bits per heavy atom. The number of carbonyl (C=O) groups is 1. The summed E-state index contributed by atoms with van der Waals surface area (Å²) < 4.78 is 11.0. The second-order valence-electron chi connectivity index (χ2n) is 5.31. The number of nitrogens with zero attached hydrogens (tertiary/aromatic N) is 4. The standard InChI is InChI=1S/C15H17N5O4/c1-23-13-14(17-7-6-16-13)24-10-3-2-8-20(9-10)15(22)11-4-5-12(21)19-18-11/h4-7,10H,2-3,8-9H2,1H3,(H,19,21)/t10-/m1/s1. The zero-order valence-electron chi connectivity index (χ0n) is 13.1. The Kier molecular flexibility index (Phi) is 4.69. The van der Waals surface area contributed by atoms with Crippen molar-refractivity contribution in [2.24, 2.45) is 0 Å². The van der Waals surface area contributed by atoms with Gasteiger partial charge in [-0.05, 0) is 18.9 Å². The average Bonchev–Trinajstić information content (AvgIpc) is 2.62. The summed E-state index contributed by atoms with van der Waals surface area (Å²) in [6, 6.07) is 2.69. The van der Waals surface area contributed by atoms with Crippen molar-refractivity contribution in [1.29, 1.82) is 0 Å². The number of rotatable bonds is 4. The first-order chi connectivity index (χ1) is 11.7. The Morgan fingerprint density at radius 1 is 1.29 bits per heavy atom. The lowest BCUT2D eigenvalue weighted by Crippen LogP contribution is -2.44. The number of hydrogen-bond acceptors (Lipinski definition) is 7. The summed E-state index contributed by atoms with van der Waals surface area (Å²) in [5, 5.41) is 6.04. The summed E-state index contributed by atoms with van der Waals surface area (Å²) >= 11 is 0. The molecule has 0 bridgehead atoms. The van der Waals surface area contributed by atoms with E-state index in [1.807, 2.05) is 0 Å². The minimum atomic E-state index is -0.346.